The standard InChI is InChI=1S/C26H33N3O4S/c30-26(29-19-17-28(18-20-29)16-6-9-22-7-2-1-3-8-22)21-33-24-12-14-25(15-13-24)34(31,32)27-23-10-4-5-11-23/h1-3,6-9,12-15,23,27H,4-5,10-11,16-21H2/b9-6+. The fourth-order valence-corrected chi connectivity index (χ4v) is 5.67. The Morgan fingerprint density at radius 1 is 0.971 bits per heavy atom. The molecule has 182 valence electrons. The van der Waals surface area contributed by atoms with Gasteiger partial charge in [-0.25, -0.2) is 13.1 Å². The monoisotopic (exact) mass is 483 g/mol. The number of nitrogens with zero attached hydrogens (tertiary/aromatic N) is 2. The Balaban J connectivity index is 1.18. The summed E-state index contributed by atoms with van der Waals surface area (Å²) in [6.07, 6.45) is 8.18. The minimum atomic E-state index is -3.53. The Labute approximate surface area is 202 Å². The molecular weight excluding hydrogens is 450 g/mol. The highest BCUT2D eigenvalue weighted by Crippen LogP contribution is 2.21. The topological polar surface area (TPSA) is 78.9 Å². The van der Waals surface area contributed by atoms with Crippen molar-refractivity contribution >= 4 is 22.0 Å². The van der Waals surface area contributed by atoms with Crippen molar-refractivity contribution in [2.24, 2.45) is 0 Å². The van der Waals surface area contributed by atoms with E-state index < -0.39 is 10.0 Å². The first kappa shape index (κ1) is 24.4. The summed E-state index contributed by atoms with van der Waals surface area (Å²) in [7, 11) is -3.53. The molecule has 0 atom stereocenters. The number of sulfonamides is 1. The fourth-order valence-electron chi connectivity index (χ4n) is 4.36. The largest absolute Gasteiger partial charge is 0.484 e. The normalized spacial score (nSPS) is 17.9. The van der Waals surface area contributed by atoms with Crippen molar-refractivity contribution < 1.29 is 17.9 Å². The molecule has 1 heterocycles. The molecule has 0 bridgehead atoms. The summed E-state index contributed by atoms with van der Waals surface area (Å²) >= 11 is 0. The van der Waals surface area contributed by atoms with Gasteiger partial charge in [-0.15, -0.1) is 0 Å². The van der Waals surface area contributed by atoms with Crippen molar-refractivity contribution in [1.29, 1.82) is 0 Å². The molecule has 2 aliphatic rings. The summed E-state index contributed by atoms with van der Waals surface area (Å²) in [5.74, 6) is 0.428. The number of nitrogens with one attached hydrogen (secondary N) is 1. The van der Waals surface area contributed by atoms with Gasteiger partial charge in [-0.05, 0) is 42.7 Å². The number of benzene rings is 2. The van der Waals surface area contributed by atoms with Crippen LogP contribution in [0.3, 0.4) is 0 Å². The van der Waals surface area contributed by atoms with Crippen molar-refractivity contribution in [1.82, 2.24) is 14.5 Å². The second-order valence-corrected chi connectivity index (χ2v) is 10.6. The zero-order chi connectivity index (χ0) is 23.8. The molecule has 1 saturated heterocycles. The summed E-state index contributed by atoms with van der Waals surface area (Å²) < 4.78 is 33.4. The summed E-state index contributed by atoms with van der Waals surface area (Å²) in [5.41, 5.74) is 1.18. The minimum absolute atomic E-state index is 0.0268. The number of amides is 1. The first-order chi connectivity index (χ1) is 16.5. The molecule has 34 heavy (non-hydrogen) atoms. The highest BCUT2D eigenvalue weighted by molar-refractivity contribution is 7.89. The van der Waals surface area contributed by atoms with Crippen molar-refractivity contribution in [2.75, 3.05) is 39.3 Å². The van der Waals surface area contributed by atoms with Crippen molar-refractivity contribution in [3.8, 4) is 5.75 Å². The average molecular weight is 484 g/mol. The van der Waals surface area contributed by atoms with Gasteiger partial charge < -0.3 is 9.64 Å². The fraction of sp³-hybridized carbons (Fsp3) is 0.423. The van der Waals surface area contributed by atoms with Crippen LogP contribution >= 0.6 is 0 Å². The molecule has 1 amide bonds. The van der Waals surface area contributed by atoms with Gasteiger partial charge >= 0.3 is 0 Å². The predicted molar refractivity (Wildman–Crippen MR) is 133 cm³/mol. The molecule has 0 unspecified atom stereocenters. The van der Waals surface area contributed by atoms with Gasteiger partial charge in [0.2, 0.25) is 10.0 Å². The zero-order valence-corrected chi connectivity index (χ0v) is 20.3. The van der Waals surface area contributed by atoms with Crippen LogP contribution in [0.25, 0.3) is 6.08 Å². The van der Waals surface area contributed by atoms with Gasteiger partial charge in [0.1, 0.15) is 5.75 Å². The third kappa shape index (κ3) is 6.91. The molecule has 4 rings (SSSR count). The summed E-state index contributed by atoms with van der Waals surface area (Å²) in [5, 5.41) is 0. The number of carbonyl (C=O) groups is 1. The van der Waals surface area contributed by atoms with Gasteiger partial charge in [-0.3, -0.25) is 9.69 Å². The lowest BCUT2D eigenvalue weighted by Gasteiger charge is -2.34. The summed E-state index contributed by atoms with van der Waals surface area (Å²) in [6, 6.07) is 16.5. The van der Waals surface area contributed by atoms with Crippen LogP contribution < -0.4 is 9.46 Å². The average Bonchev–Trinajstić information content (AvgIpc) is 3.36. The van der Waals surface area contributed by atoms with Crippen LogP contribution in [-0.2, 0) is 14.8 Å². The lowest BCUT2D eigenvalue weighted by atomic mass is 10.2. The molecule has 2 aromatic rings. The molecular formula is C26H33N3O4S. The quantitative estimate of drug-likeness (QED) is 0.593. The van der Waals surface area contributed by atoms with Crippen molar-refractivity contribution in [3.63, 3.8) is 0 Å². The van der Waals surface area contributed by atoms with Gasteiger partial charge in [0.15, 0.2) is 6.61 Å². The Kier molecular flexibility index (Phi) is 8.37. The van der Waals surface area contributed by atoms with E-state index in [2.05, 4.69) is 33.9 Å². The van der Waals surface area contributed by atoms with Gasteiger partial charge in [0, 0.05) is 38.8 Å². The third-order valence-electron chi connectivity index (χ3n) is 6.37. The number of rotatable bonds is 9. The summed E-state index contributed by atoms with van der Waals surface area (Å²) in [4.78, 5) is 16.9. The van der Waals surface area contributed by atoms with Crippen LogP contribution in [0.5, 0.6) is 5.75 Å². The van der Waals surface area contributed by atoms with Crippen LogP contribution in [0, 0.1) is 0 Å². The van der Waals surface area contributed by atoms with Crippen LogP contribution in [0.1, 0.15) is 31.2 Å². The van der Waals surface area contributed by atoms with Crippen LogP contribution in [0.4, 0.5) is 0 Å². The van der Waals surface area contributed by atoms with Gasteiger partial charge in [0.05, 0.1) is 4.90 Å². The molecule has 2 aromatic carbocycles. The first-order valence-corrected chi connectivity index (χ1v) is 13.4. The van der Waals surface area contributed by atoms with E-state index in [9.17, 15) is 13.2 Å². The van der Waals surface area contributed by atoms with E-state index in [1.165, 1.54) is 17.7 Å². The Bertz CT molecular complexity index is 1060. The Morgan fingerprint density at radius 2 is 1.65 bits per heavy atom. The number of piperazine rings is 1. The zero-order valence-electron chi connectivity index (χ0n) is 19.4. The summed E-state index contributed by atoms with van der Waals surface area (Å²) in [6.45, 7) is 3.80. The highest BCUT2D eigenvalue weighted by atomic mass is 32.2. The van der Waals surface area contributed by atoms with E-state index >= 15 is 0 Å². The highest BCUT2D eigenvalue weighted by Gasteiger charge is 2.23. The number of carbonyl (C=O) groups excluding carboxylic acids is 1. The van der Waals surface area contributed by atoms with Crippen LogP contribution in [-0.4, -0.2) is 69.5 Å². The van der Waals surface area contributed by atoms with E-state index in [1.807, 2.05) is 23.1 Å². The maximum atomic E-state index is 12.6. The molecule has 0 radical (unpaired) electrons. The third-order valence-corrected chi connectivity index (χ3v) is 7.91. The second kappa shape index (κ2) is 11.6. The van der Waals surface area contributed by atoms with Crippen LogP contribution in [0.2, 0.25) is 0 Å². The lowest BCUT2D eigenvalue weighted by Crippen LogP contribution is -2.49. The number of hydrogen-bond acceptors (Lipinski definition) is 5. The molecule has 1 saturated carbocycles. The maximum Gasteiger partial charge on any atom is 0.260 e. The van der Waals surface area contributed by atoms with E-state index in [-0.39, 0.29) is 23.5 Å². The smallest absolute Gasteiger partial charge is 0.260 e. The molecule has 2 fully saturated rings. The molecule has 0 aromatic heterocycles. The van der Waals surface area contributed by atoms with Gasteiger partial charge in [-0.2, -0.15) is 0 Å². The SMILES string of the molecule is O=C(COc1ccc(S(=O)(=O)NC2CCCC2)cc1)N1CCN(C/C=C/c2ccccc2)CC1. The first-order valence-electron chi connectivity index (χ1n) is 12.0. The Morgan fingerprint density at radius 3 is 2.32 bits per heavy atom. The maximum absolute atomic E-state index is 12.6. The molecule has 1 aliphatic carbocycles. The van der Waals surface area contributed by atoms with E-state index in [0.29, 0.717) is 18.8 Å². The van der Waals surface area contributed by atoms with E-state index in [0.717, 1.165) is 45.3 Å². The molecule has 1 aliphatic heterocycles. The lowest BCUT2D eigenvalue weighted by molar-refractivity contribution is -0.135. The second-order valence-electron chi connectivity index (χ2n) is 8.86. The molecule has 0 spiro atoms. The molecule has 7 nitrogen and oxygen atoms in total. The Hall–Kier alpha value is -2.68. The molecule has 1 N–H and O–H groups in total. The van der Waals surface area contributed by atoms with Crippen molar-refractivity contribution in [2.45, 2.75) is 36.6 Å². The van der Waals surface area contributed by atoms with Crippen LogP contribution in [0.15, 0.2) is 65.6 Å². The minimum Gasteiger partial charge on any atom is -0.484 e. The van der Waals surface area contributed by atoms with Crippen molar-refractivity contribution in [3.05, 3.63) is 66.2 Å². The van der Waals surface area contributed by atoms with Gasteiger partial charge in [0.25, 0.3) is 5.91 Å². The predicted octanol–water partition coefficient (Wildman–Crippen LogP) is 3.14. The van der Waals surface area contributed by atoms with E-state index in [4.69, 9.17) is 4.74 Å². The number of hydrogen-bond donors (Lipinski definition) is 1. The number of ether oxygens (including phenoxy) is 1. The van der Waals surface area contributed by atoms with Gasteiger partial charge in [-0.1, -0.05) is 55.3 Å². The molecule has 8 heteroatoms. The van der Waals surface area contributed by atoms with E-state index in [1.54, 1.807) is 12.1 Å².